The fourth-order valence-electron chi connectivity index (χ4n) is 4.58. The van der Waals surface area contributed by atoms with Gasteiger partial charge in [0.25, 0.3) is 0 Å². The Kier molecular flexibility index (Phi) is 9.71. The fourth-order valence-corrected chi connectivity index (χ4v) is 7.64. The van der Waals surface area contributed by atoms with Gasteiger partial charge in [0.2, 0.25) is 0 Å². The number of hydrogen-bond donors (Lipinski definition) is 4. The van der Waals surface area contributed by atoms with Crippen molar-refractivity contribution in [2.24, 2.45) is 0 Å². The number of hydrogen-bond acceptors (Lipinski definition) is 9. The Labute approximate surface area is 254 Å². The number of halogens is 1. The van der Waals surface area contributed by atoms with Crippen LogP contribution >= 0.6 is 22.9 Å². The average Bonchev–Trinajstić information content (AvgIpc) is 3.23. The molecule has 0 saturated carbocycles. The van der Waals surface area contributed by atoms with E-state index in [2.05, 4.69) is 5.32 Å². The molecule has 1 atom stereocenters. The summed E-state index contributed by atoms with van der Waals surface area (Å²) < 4.78 is 34.4. The predicted octanol–water partition coefficient (Wildman–Crippen LogP) is 6.11. The van der Waals surface area contributed by atoms with E-state index in [4.69, 9.17) is 36.7 Å². The van der Waals surface area contributed by atoms with Crippen LogP contribution in [0.15, 0.2) is 48.5 Å². The zero-order valence-corrected chi connectivity index (χ0v) is 26.0. The third kappa shape index (κ3) is 8.15. The number of carboxylic acids is 1. The Morgan fingerprint density at radius 3 is 2.52 bits per heavy atom. The van der Waals surface area contributed by atoms with E-state index < -0.39 is 34.1 Å². The topological polar surface area (TPSA) is 155 Å². The van der Waals surface area contributed by atoms with Gasteiger partial charge in [0.15, 0.2) is 17.2 Å². The Hall–Kier alpha value is -3.32. The monoisotopic (exact) mass is 634 g/mol. The maximum absolute atomic E-state index is 13.2. The minimum absolute atomic E-state index is 0.0174. The molecule has 1 aliphatic heterocycles. The molecule has 13 heteroatoms. The molecule has 1 saturated heterocycles. The molecule has 2 heterocycles. The predicted molar refractivity (Wildman–Crippen MR) is 167 cm³/mol. The molecule has 0 spiro atoms. The number of piperidine rings is 1. The Morgan fingerprint density at radius 1 is 1.19 bits per heavy atom. The van der Waals surface area contributed by atoms with Crippen molar-refractivity contribution in [3.05, 3.63) is 64.0 Å². The summed E-state index contributed by atoms with van der Waals surface area (Å²) in [6.45, 7) is 5.59. The van der Waals surface area contributed by atoms with Crippen molar-refractivity contribution < 1.29 is 28.4 Å². The van der Waals surface area contributed by atoms with Crippen LogP contribution < -0.4 is 15.8 Å². The first-order chi connectivity index (χ1) is 19.7. The molecule has 226 valence electrons. The number of nitrogens with two attached hydrogens (primary N) is 1. The molecule has 1 aromatic heterocycles. The summed E-state index contributed by atoms with van der Waals surface area (Å²) in [5.41, 5.74) is 7.99. The van der Waals surface area contributed by atoms with E-state index >= 15 is 0 Å². The maximum Gasteiger partial charge on any atom is 0.352 e. The number of thiophene rings is 1. The molecule has 0 bridgehead atoms. The number of benzene rings is 2. The van der Waals surface area contributed by atoms with Gasteiger partial charge in [0.1, 0.15) is 20.5 Å². The van der Waals surface area contributed by atoms with Crippen molar-refractivity contribution in [2.45, 2.75) is 51.0 Å². The van der Waals surface area contributed by atoms with Crippen molar-refractivity contribution in [1.82, 2.24) is 4.31 Å². The van der Waals surface area contributed by atoms with Gasteiger partial charge in [-0.1, -0.05) is 35.9 Å². The maximum atomic E-state index is 13.2. The molecule has 3 aromatic rings. The van der Waals surface area contributed by atoms with Gasteiger partial charge in [-0.15, -0.1) is 11.3 Å². The van der Waals surface area contributed by atoms with Crippen LogP contribution in [-0.2, 0) is 25.2 Å². The normalized spacial score (nSPS) is 16.0. The van der Waals surface area contributed by atoms with Gasteiger partial charge in [-0.05, 0) is 69.0 Å². The summed E-state index contributed by atoms with van der Waals surface area (Å²) in [5.74, 6) is -1.74. The van der Waals surface area contributed by atoms with Crippen LogP contribution in [0.2, 0.25) is 5.02 Å². The van der Waals surface area contributed by atoms with Gasteiger partial charge >= 0.3 is 11.9 Å². The van der Waals surface area contributed by atoms with Crippen LogP contribution in [0.1, 0.15) is 48.8 Å². The zero-order chi connectivity index (χ0) is 30.7. The molecule has 2 aromatic carbocycles. The number of ether oxygens (including phenoxy) is 2. The molecule has 0 aliphatic carbocycles. The summed E-state index contributed by atoms with van der Waals surface area (Å²) in [6.07, 6.45) is 1.40. The lowest BCUT2D eigenvalue weighted by Crippen LogP contribution is -2.42. The van der Waals surface area contributed by atoms with Crippen molar-refractivity contribution >= 4 is 56.2 Å². The highest BCUT2D eigenvalue weighted by Crippen LogP contribution is 2.46. The van der Waals surface area contributed by atoms with Gasteiger partial charge in [-0.2, -0.15) is 0 Å². The molecule has 0 amide bonds. The van der Waals surface area contributed by atoms with Gasteiger partial charge < -0.3 is 25.6 Å². The molecular weight excluding hydrogens is 600 g/mol. The molecule has 1 aliphatic rings. The highest BCUT2D eigenvalue weighted by atomic mass is 35.5. The average molecular weight is 635 g/mol. The number of carboxylic acid groups (broad SMARTS) is 1. The Bertz CT molecular complexity index is 1560. The smallest absolute Gasteiger partial charge is 0.352 e. The second kappa shape index (κ2) is 12.9. The molecule has 1 unspecified atom stereocenters. The lowest BCUT2D eigenvalue weighted by molar-refractivity contribution is -0.139. The first-order valence-electron chi connectivity index (χ1n) is 13.3. The summed E-state index contributed by atoms with van der Waals surface area (Å²) in [7, 11) is -2.98. The Balaban J connectivity index is 1.47. The molecule has 10 nitrogen and oxygen atoms in total. The number of anilines is 2. The van der Waals surface area contributed by atoms with E-state index in [-0.39, 0.29) is 27.4 Å². The van der Waals surface area contributed by atoms with Crippen LogP contribution in [0.5, 0.6) is 5.75 Å². The van der Waals surface area contributed by atoms with E-state index in [0.29, 0.717) is 36.5 Å². The number of carbonyl (C=O) groups excluding carboxylic acids is 1. The molecule has 0 radical (unpaired) electrons. The molecule has 42 heavy (non-hydrogen) atoms. The highest BCUT2D eigenvalue weighted by Gasteiger charge is 2.29. The minimum atomic E-state index is -2.98. The molecule has 5 N–H and O–H groups in total. The van der Waals surface area contributed by atoms with E-state index in [0.717, 1.165) is 28.2 Å². The molecule has 1 fully saturated rings. The second-order valence-electron chi connectivity index (χ2n) is 11.0. The largest absolute Gasteiger partial charge is 0.479 e. The zero-order valence-electron chi connectivity index (χ0n) is 23.6. The number of nitrogen functional groups attached to an aromatic ring is 1. The van der Waals surface area contributed by atoms with Crippen LogP contribution in [-0.4, -0.2) is 56.9 Å². The van der Waals surface area contributed by atoms with Crippen LogP contribution in [0.3, 0.4) is 0 Å². The summed E-state index contributed by atoms with van der Waals surface area (Å²) in [5, 5.41) is 12.8. The van der Waals surface area contributed by atoms with Gasteiger partial charge in [-0.3, -0.25) is 0 Å². The van der Waals surface area contributed by atoms with Crippen molar-refractivity contribution in [3.8, 4) is 16.2 Å². The number of esters is 1. The highest BCUT2D eigenvalue weighted by molar-refractivity contribution is 7.89. The summed E-state index contributed by atoms with van der Waals surface area (Å²) in [6, 6.07) is 14.8. The summed E-state index contributed by atoms with van der Waals surface area (Å²) >= 11 is 7.72. The van der Waals surface area contributed by atoms with Gasteiger partial charge in [0.05, 0.1) is 10.6 Å². The third-order valence-corrected chi connectivity index (χ3v) is 10.0. The van der Waals surface area contributed by atoms with Crippen LogP contribution in [0, 0.1) is 4.78 Å². The molecular formula is C29H35ClN4O6S2. The lowest BCUT2D eigenvalue weighted by Gasteiger charge is -2.33. The Morgan fingerprint density at radius 2 is 1.88 bits per heavy atom. The van der Waals surface area contributed by atoms with Crippen molar-refractivity contribution in [1.29, 1.82) is 4.78 Å². The van der Waals surface area contributed by atoms with E-state index in [1.165, 1.54) is 0 Å². The number of nitrogens with one attached hydrogen (secondary N) is 2. The number of carbonyl (C=O) groups is 2. The number of nitrogens with zero attached hydrogens (tertiary/aromatic N) is 1. The fraction of sp³-hybridized carbons (Fsp3) is 0.379. The van der Waals surface area contributed by atoms with Crippen LogP contribution in [0.25, 0.3) is 10.4 Å². The molecule has 4 rings (SSSR count). The first kappa shape index (κ1) is 31.6. The SMILES string of the molecule is CC(C)(C)OC(=O)c1sc(-c2cccc(NC3CCN(S(=N)(=O)Cc4cccc(N)c4)CC3)c2)c(Cl)c1OCC(=O)O. The first-order valence-corrected chi connectivity index (χ1v) is 16.2. The number of rotatable bonds is 10. The van der Waals surface area contributed by atoms with Gasteiger partial charge in [0, 0.05) is 30.5 Å². The van der Waals surface area contributed by atoms with Crippen molar-refractivity contribution in [3.63, 3.8) is 0 Å². The van der Waals surface area contributed by atoms with Crippen molar-refractivity contribution in [2.75, 3.05) is 30.7 Å². The quantitative estimate of drug-likeness (QED) is 0.154. The third-order valence-electron chi connectivity index (χ3n) is 6.41. The van der Waals surface area contributed by atoms with Crippen LogP contribution in [0.4, 0.5) is 11.4 Å². The van der Waals surface area contributed by atoms with E-state index in [1.54, 1.807) is 43.3 Å². The second-order valence-corrected chi connectivity index (χ2v) is 14.5. The van der Waals surface area contributed by atoms with Gasteiger partial charge in [-0.25, -0.2) is 22.9 Å². The summed E-state index contributed by atoms with van der Waals surface area (Å²) in [4.78, 5) is 24.7. The van der Waals surface area contributed by atoms with E-state index in [1.807, 2.05) is 30.3 Å². The lowest BCUT2D eigenvalue weighted by atomic mass is 10.1. The van der Waals surface area contributed by atoms with E-state index in [9.17, 15) is 13.8 Å². The number of aliphatic carboxylic acids is 1. The minimum Gasteiger partial charge on any atom is -0.479 e. The standard InChI is InChI=1S/C29H35ClN4O6S2/c1-29(2,3)40-28(37)27-25(39-16-23(35)36)24(30)26(41-27)19-7-5-9-22(15-19)33-21-10-12-34(13-11-21)42(32,38)17-18-6-4-8-20(31)14-18/h4-9,14-15,21,32-33H,10-13,16-17,31H2,1-3H3,(H,35,36).